The summed E-state index contributed by atoms with van der Waals surface area (Å²) in [6.45, 7) is 3.15. The predicted molar refractivity (Wildman–Crippen MR) is 118 cm³/mol. The molecule has 0 bridgehead atoms. The van der Waals surface area contributed by atoms with E-state index in [1.54, 1.807) is 27.4 Å². The molecule has 31 heavy (non-hydrogen) atoms. The first-order valence-corrected chi connectivity index (χ1v) is 10.3. The molecule has 2 atom stereocenters. The summed E-state index contributed by atoms with van der Waals surface area (Å²) in [6.07, 6.45) is -0.242. The summed E-state index contributed by atoms with van der Waals surface area (Å²) in [5.41, 5.74) is 2.33. The molecular weight excluding hydrogens is 398 g/mol. The van der Waals surface area contributed by atoms with Crippen LogP contribution in [0.4, 0.5) is 0 Å². The van der Waals surface area contributed by atoms with Crippen LogP contribution in [0.5, 0.6) is 23.0 Å². The molecule has 1 aliphatic rings. The van der Waals surface area contributed by atoms with Crippen molar-refractivity contribution in [3.05, 3.63) is 47.0 Å². The predicted octanol–water partition coefficient (Wildman–Crippen LogP) is 3.81. The number of carbonyl (C=O) groups excluding carboxylic acids is 1. The minimum absolute atomic E-state index is 0.000919. The first kappa shape index (κ1) is 22.7. The maximum absolute atomic E-state index is 12.7. The fourth-order valence-corrected chi connectivity index (χ4v) is 3.63. The van der Waals surface area contributed by atoms with Crippen molar-refractivity contribution in [1.82, 2.24) is 0 Å². The molecule has 3 rings (SSSR count). The summed E-state index contributed by atoms with van der Waals surface area (Å²) in [6, 6.07) is 9.26. The van der Waals surface area contributed by atoms with E-state index in [9.17, 15) is 4.79 Å². The molecule has 168 valence electrons. The maximum atomic E-state index is 12.7. The van der Waals surface area contributed by atoms with Crippen LogP contribution in [-0.2, 0) is 4.74 Å². The molecule has 0 aliphatic carbocycles. The van der Waals surface area contributed by atoms with Crippen molar-refractivity contribution in [1.29, 1.82) is 0 Å². The number of hydrogen-bond donors (Lipinski definition) is 0. The molecule has 0 amide bonds. The third kappa shape index (κ3) is 4.88. The quantitative estimate of drug-likeness (QED) is 0.469. The number of fused-ring (bicyclic) bond motifs is 1. The van der Waals surface area contributed by atoms with E-state index in [4.69, 9.17) is 23.7 Å². The number of methoxy groups -OCH3 is 3. The van der Waals surface area contributed by atoms with Crippen LogP contribution in [0.25, 0.3) is 0 Å². The van der Waals surface area contributed by atoms with Gasteiger partial charge in [-0.2, -0.15) is 0 Å². The lowest BCUT2D eigenvalue weighted by Gasteiger charge is -2.23. The average Bonchev–Trinajstić information content (AvgIpc) is 3.08. The number of hydrogen-bond acceptors (Lipinski definition) is 6. The molecule has 2 aromatic rings. The smallest absolute Gasteiger partial charge is 0.338 e. The Kier molecular flexibility index (Phi) is 6.65. The van der Waals surface area contributed by atoms with Gasteiger partial charge in [0.25, 0.3) is 0 Å². The minimum atomic E-state index is -0.365. The third-order valence-corrected chi connectivity index (χ3v) is 5.46. The molecule has 7 nitrogen and oxygen atoms in total. The van der Waals surface area contributed by atoms with Gasteiger partial charge < -0.3 is 28.2 Å². The molecule has 7 heteroatoms. The number of rotatable bonds is 8. The van der Waals surface area contributed by atoms with E-state index in [0.29, 0.717) is 35.2 Å². The molecule has 0 saturated carbocycles. The molecule has 0 saturated heterocycles. The summed E-state index contributed by atoms with van der Waals surface area (Å²) in [5.74, 6) is 2.10. The molecule has 2 unspecified atom stereocenters. The summed E-state index contributed by atoms with van der Waals surface area (Å²) in [5, 5.41) is 0. The van der Waals surface area contributed by atoms with Crippen molar-refractivity contribution in [3.8, 4) is 23.0 Å². The van der Waals surface area contributed by atoms with Crippen LogP contribution in [0.1, 0.15) is 40.4 Å². The van der Waals surface area contributed by atoms with Gasteiger partial charge in [-0.1, -0.05) is 13.0 Å². The number of ether oxygens (including phenoxy) is 5. The molecule has 0 N–H and O–H groups in total. The molecule has 0 fully saturated rings. The fraction of sp³-hybridized carbons (Fsp3) is 0.458. The van der Waals surface area contributed by atoms with Crippen molar-refractivity contribution in [2.75, 3.05) is 55.6 Å². The second-order valence-corrected chi connectivity index (χ2v) is 8.69. The Hall–Kier alpha value is -2.93. The van der Waals surface area contributed by atoms with Crippen LogP contribution < -0.4 is 18.9 Å². The molecular formula is C24H32NO6+. The Balaban J connectivity index is 1.87. The first-order chi connectivity index (χ1) is 14.7. The highest BCUT2D eigenvalue weighted by atomic mass is 16.5. The molecule has 0 radical (unpaired) electrons. The van der Waals surface area contributed by atoms with Gasteiger partial charge in [0.05, 0.1) is 48.0 Å². The summed E-state index contributed by atoms with van der Waals surface area (Å²) < 4.78 is 28.8. The number of quaternary nitrogens is 1. The lowest BCUT2D eigenvalue weighted by molar-refractivity contribution is -0.870. The molecule has 1 heterocycles. The topological polar surface area (TPSA) is 63.2 Å². The van der Waals surface area contributed by atoms with E-state index in [1.807, 2.05) is 24.3 Å². The highest BCUT2D eigenvalue weighted by molar-refractivity contribution is 5.91. The lowest BCUT2D eigenvalue weighted by atomic mass is 9.91. The van der Waals surface area contributed by atoms with Crippen LogP contribution in [0, 0.1) is 0 Å². The van der Waals surface area contributed by atoms with Crippen molar-refractivity contribution in [3.63, 3.8) is 0 Å². The van der Waals surface area contributed by atoms with E-state index >= 15 is 0 Å². The highest BCUT2D eigenvalue weighted by Gasteiger charge is 2.36. The summed E-state index contributed by atoms with van der Waals surface area (Å²) in [7, 11) is 10.9. The number of likely N-dealkylation sites (N-methyl/N-ethyl adjacent to an activating group) is 1. The van der Waals surface area contributed by atoms with Gasteiger partial charge in [-0.25, -0.2) is 4.79 Å². The SMILES string of the molecule is COc1ccc(C2Oc3c(OC)cc(C(=O)OCC[N+](C)(C)C)cc3C2C)cc1OC. The van der Waals surface area contributed by atoms with Gasteiger partial charge in [-0.3, -0.25) is 0 Å². The van der Waals surface area contributed by atoms with E-state index in [1.165, 1.54) is 0 Å². The Morgan fingerprint density at radius 3 is 2.26 bits per heavy atom. The standard InChI is InChI=1S/C24H32NO6/c1-15-18-12-17(24(26)30-11-10-25(2,3)4)14-21(29-7)23(18)31-22(15)16-8-9-19(27-5)20(13-16)28-6/h8-9,12-15,22H,10-11H2,1-7H3/q+1. The number of esters is 1. The normalized spacial score (nSPS) is 17.5. The monoisotopic (exact) mass is 430 g/mol. The zero-order valence-corrected chi connectivity index (χ0v) is 19.4. The van der Waals surface area contributed by atoms with E-state index < -0.39 is 0 Å². The molecule has 1 aliphatic heterocycles. The summed E-state index contributed by atoms with van der Waals surface area (Å²) in [4.78, 5) is 12.7. The minimum Gasteiger partial charge on any atom is -0.493 e. The van der Waals surface area contributed by atoms with Gasteiger partial charge in [-0.15, -0.1) is 0 Å². The number of nitrogens with zero attached hydrogens (tertiary/aromatic N) is 1. The zero-order chi connectivity index (χ0) is 22.8. The van der Waals surface area contributed by atoms with Crippen LogP contribution in [0.2, 0.25) is 0 Å². The van der Waals surface area contributed by atoms with Gasteiger partial charge in [0.15, 0.2) is 23.0 Å². The Morgan fingerprint density at radius 1 is 0.968 bits per heavy atom. The lowest BCUT2D eigenvalue weighted by Crippen LogP contribution is -2.38. The maximum Gasteiger partial charge on any atom is 0.338 e. The van der Waals surface area contributed by atoms with Crippen LogP contribution in [0.3, 0.4) is 0 Å². The summed E-state index contributed by atoms with van der Waals surface area (Å²) >= 11 is 0. The zero-order valence-electron chi connectivity index (χ0n) is 19.4. The van der Waals surface area contributed by atoms with Crippen molar-refractivity contribution in [2.45, 2.75) is 18.9 Å². The molecule has 2 aromatic carbocycles. The van der Waals surface area contributed by atoms with Crippen molar-refractivity contribution >= 4 is 5.97 Å². The Labute approximate surface area is 184 Å². The Bertz CT molecular complexity index is 950. The van der Waals surface area contributed by atoms with Gasteiger partial charge in [0.2, 0.25) is 0 Å². The van der Waals surface area contributed by atoms with E-state index in [2.05, 4.69) is 28.1 Å². The highest BCUT2D eigenvalue weighted by Crippen LogP contribution is 2.51. The van der Waals surface area contributed by atoms with E-state index in [0.717, 1.165) is 22.2 Å². The molecule has 0 spiro atoms. The van der Waals surface area contributed by atoms with Gasteiger partial charge in [-0.05, 0) is 29.8 Å². The first-order valence-electron chi connectivity index (χ1n) is 10.3. The molecule has 0 aromatic heterocycles. The number of benzene rings is 2. The van der Waals surface area contributed by atoms with E-state index in [-0.39, 0.29) is 18.0 Å². The second-order valence-electron chi connectivity index (χ2n) is 8.69. The largest absolute Gasteiger partial charge is 0.493 e. The van der Waals surface area contributed by atoms with Crippen LogP contribution in [-0.4, -0.2) is 66.1 Å². The van der Waals surface area contributed by atoms with Gasteiger partial charge in [0, 0.05) is 11.5 Å². The number of carbonyl (C=O) groups is 1. The fourth-order valence-electron chi connectivity index (χ4n) is 3.63. The van der Waals surface area contributed by atoms with Crippen LogP contribution >= 0.6 is 0 Å². The van der Waals surface area contributed by atoms with Crippen LogP contribution in [0.15, 0.2) is 30.3 Å². The average molecular weight is 431 g/mol. The van der Waals surface area contributed by atoms with Gasteiger partial charge >= 0.3 is 5.97 Å². The Morgan fingerprint density at radius 2 is 1.65 bits per heavy atom. The van der Waals surface area contributed by atoms with Crippen molar-refractivity contribution in [2.24, 2.45) is 0 Å². The third-order valence-electron chi connectivity index (χ3n) is 5.46. The van der Waals surface area contributed by atoms with Crippen molar-refractivity contribution < 1.29 is 33.0 Å². The van der Waals surface area contributed by atoms with Gasteiger partial charge in [0.1, 0.15) is 19.3 Å². The second kappa shape index (κ2) is 9.06.